The van der Waals surface area contributed by atoms with Gasteiger partial charge in [0.1, 0.15) is 5.82 Å². The van der Waals surface area contributed by atoms with E-state index in [9.17, 15) is 14.0 Å². The molecule has 1 aliphatic heterocycles. The van der Waals surface area contributed by atoms with E-state index in [0.29, 0.717) is 38.0 Å². The molecule has 0 aromatic heterocycles. The Bertz CT molecular complexity index is 812. The average molecular weight is 366 g/mol. The first-order valence-corrected chi connectivity index (χ1v) is 9.16. The van der Waals surface area contributed by atoms with Gasteiger partial charge in [0, 0.05) is 37.2 Å². The molecule has 2 amide bonds. The zero-order chi connectivity index (χ0) is 19.1. The highest BCUT2D eigenvalue weighted by Gasteiger charge is 2.26. The van der Waals surface area contributed by atoms with Gasteiger partial charge in [-0.05, 0) is 30.5 Å². The second kappa shape index (κ2) is 9.12. The Morgan fingerprint density at radius 3 is 2.41 bits per heavy atom. The summed E-state index contributed by atoms with van der Waals surface area (Å²) in [5, 5.41) is 2.97. The SMILES string of the molecule is O=C(NCc1ccccc1)C1CCN(C(=O)C=Cc2ccccc2F)CC1. The first-order chi connectivity index (χ1) is 13.1. The molecule has 1 aliphatic rings. The zero-order valence-corrected chi connectivity index (χ0v) is 15.1. The monoisotopic (exact) mass is 366 g/mol. The molecule has 4 nitrogen and oxygen atoms in total. The van der Waals surface area contributed by atoms with Crippen molar-refractivity contribution in [2.45, 2.75) is 19.4 Å². The highest BCUT2D eigenvalue weighted by atomic mass is 19.1. The lowest BCUT2D eigenvalue weighted by atomic mass is 9.95. The maximum Gasteiger partial charge on any atom is 0.246 e. The van der Waals surface area contributed by atoms with Crippen molar-refractivity contribution in [3.05, 3.63) is 77.6 Å². The van der Waals surface area contributed by atoms with Gasteiger partial charge in [-0.2, -0.15) is 0 Å². The molecule has 3 rings (SSSR count). The van der Waals surface area contributed by atoms with Gasteiger partial charge < -0.3 is 10.2 Å². The van der Waals surface area contributed by atoms with Crippen molar-refractivity contribution in [1.29, 1.82) is 0 Å². The summed E-state index contributed by atoms with van der Waals surface area (Å²) in [6.45, 7) is 1.58. The molecular formula is C22H23FN2O2. The molecule has 2 aromatic carbocycles. The third-order valence-corrected chi connectivity index (χ3v) is 4.80. The maximum absolute atomic E-state index is 13.6. The Labute approximate surface area is 158 Å². The molecule has 0 saturated carbocycles. The topological polar surface area (TPSA) is 49.4 Å². The lowest BCUT2D eigenvalue weighted by Crippen LogP contribution is -2.42. The van der Waals surface area contributed by atoms with Crippen molar-refractivity contribution in [2.24, 2.45) is 5.92 Å². The van der Waals surface area contributed by atoms with E-state index in [-0.39, 0.29) is 23.5 Å². The number of benzene rings is 2. The van der Waals surface area contributed by atoms with Crippen molar-refractivity contribution in [3.8, 4) is 0 Å². The molecule has 0 spiro atoms. The molecule has 27 heavy (non-hydrogen) atoms. The van der Waals surface area contributed by atoms with E-state index < -0.39 is 0 Å². The van der Waals surface area contributed by atoms with Gasteiger partial charge in [-0.15, -0.1) is 0 Å². The number of nitrogens with zero attached hydrogens (tertiary/aromatic N) is 1. The van der Waals surface area contributed by atoms with Crippen molar-refractivity contribution < 1.29 is 14.0 Å². The van der Waals surface area contributed by atoms with Crippen LogP contribution in [0, 0.1) is 11.7 Å². The van der Waals surface area contributed by atoms with Crippen LogP contribution in [-0.4, -0.2) is 29.8 Å². The lowest BCUT2D eigenvalue weighted by Gasteiger charge is -2.30. The van der Waals surface area contributed by atoms with Gasteiger partial charge in [-0.25, -0.2) is 4.39 Å². The molecule has 140 valence electrons. The maximum atomic E-state index is 13.6. The van der Waals surface area contributed by atoms with Crippen LogP contribution >= 0.6 is 0 Å². The lowest BCUT2D eigenvalue weighted by molar-refractivity contribution is -0.132. The van der Waals surface area contributed by atoms with Gasteiger partial charge in [-0.1, -0.05) is 48.5 Å². The van der Waals surface area contributed by atoms with Gasteiger partial charge in [0.25, 0.3) is 0 Å². The molecule has 0 radical (unpaired) electrons. The molecular weight excluding hydrogens is 343 g/mol. The Morgan fingerprint density at radius 1 is 1.04 bits per heavy atom. The van der Waals surface area contributed by atoms with Crippen molar-refractivity contribution in [1.82, 2.24) is 10.2 Å². The number of hydrogen-bond acceptors (Lipinski definition) is 2. The Morgan fingerprint density at radius 2 is 1.70 bits per heavy atom. The molecule has 2 aromatic rings. The highest BCUT2D eigenvalue weighted by Crippen LogP contribution is 2.18. The number of rotatable bonds is 5. The number of likely N-dealkylation sites (tertiary alicyclic amines) is 1. The highest BCUT2D eigenvalue weighted by molar-refractivity contribution is 5.92. The standard InChI is InChI=1S/C22H23FN2O2/c23-20-9-5-4-8-18(20)10-11-21(26)25-14-12-19(13-15-25)22(27)24-16-17-6-2-1-3-7-17/h1-11,19H,12-16H2,(H,24,27). The molecule has 1 saturated heterocycles. The number of piperidine rings is 1. The normalized spacial score (nSPS) is 15.1. The fourth-order valence-corrected chi connectivity index (χ4v) is 3.17. The van der Waals surface area contributed by atoms with Crippen molar-refractivity contribution in [2.75, 3.05) is 13.1 Å². The van der Waals surface area contributed by atoms with E-state index in [0.717, 1.165) is 5.56 Å². The van der Waals surface area contributed by atoms with Crippen LogP contribution < -0.4 is 5.32 Å². The second-order valence-corrected chi connectivity index (χ2v) is 6.66. The smallest absolute Gasteiger partial charge is 0.246 e. The predicted octanol–water partition coefficient (Wildman–Crippen LogP) is 3.39. The molecule has 0 atom stereocenters. The predicted molar refractivity (Wildman–Crippen MR) is 103 cm³/mol. The Hall–Kier alpha value is -2.95. The summed E-state index contributed by atoms with van der Waals surface area (Å²) in [5.74, 6) is -0.544. The number of halogens is 1. The fraction of sp³-hybridized carbons (Fsp3) is 0.273. The van der Waals surface area contributed by atoms with Crippen LogP contribution in [0.3, 0.4) is 0 Å². The summed E-state index contributed by atoms with van der Waals surface area (Å²) in [7, 11) is 0. The summed E-state index contributed by atoms with van der Waals surface area (Å²) < 4.78 is 13.6. The van der Waals surface area contributed by atoms with Crippen LogP contribution in [-0.2, 0) is 16.1 Å². The summed E-state index contributed by atoms with van der Waals surface area (Å²) in [5.41, 5.74) is 1.46. The van der Waals surface area contributed by atoms with Crippen LogP contribution in [0.1, 0.15) is 24.0 Å². The minimum Gasteiger partial charge on any atom is -0.352 e. The molecule has 0 aliphatic carbocycles. The van der Waals surface area contributed by atoms with E-state index in [1.165, 1.54) is 18.2 Å². The van der Waals surface area contributed by atoms with E-state index in [1.54, 1.807) is 23.1 Å². The molecule has 1 heterocycles. The number of carbonyl (C=O) groups excluding carboxylic acids is 2. The summed E-state index contributed by atoms with van der Waals surface area (Å²) in [6.07, 6.45) is 4.17. The summed E-state index contributed by atoms with van der Waals surface area (Å²) in [6, 6.07) is 16.1. The largest absolute Gasteiger partial charge is 0.352 e. The van der Waals surface area contributed by atoms with Crippen LogP contribution in [0.25, 0.3) is 6.08 Å². The molecule has 1 N–H and O–H groups in total. The molecule has 0 bridgehead atoms. The van der Waals surface area contributed by atoms with Crippen molar-refractivity contribution in [3.63, 3.8) is 0 Å². The third-order valence-electron chi connectivity index (χ3n) is 4.80. The second-order valence-electron chi connectivity index (χ2n) is 6.66. The van der Waals surface area contributed by atoms with Crippen LogP contribution in [0.2, 0.25) is 0 Å². The number of nitrogens with one attached hydrogen (secondary N) is 1. The number of hydrogen-bond donors (Lipinski definition) is 1. The first-order valence-electron chi connectivity index (χ1n) is 9.16. The Balaban J connectivity index is 1.46. The average Bonchev–Trinajstić information content (AvgIpc) is 2.72. The third kappa shape index (κ3) is 5.26. The van der Waals surface area contributed by atoms with Gasteiger partial charge in [0.05, 0.1) is 0 Å². The molecule has 1 fully saturated rings. The van der Waals surface area contributed by atoms with Gasteiger partial charge >= 0.3 is 0 Å². The van der Waals surface area contributed by atoms with Crippen LogP contribution in [0.5, 0.6) is 0 Å². The summed E-state index contributed by atoms with van der Waals surface area (Å²) in [4.78, 5) is 26.3. The van der Waals surface area contributed by atoms with Gasteiger partial charge in [-0.3, -0.25) is 9.59 Å². The molecule has 5 heteroatoms. The minimum absolute atomic E-state index is 0.0350. The van der Waals surface area contributed by atoms with Gasteiger partial charge in [0.15, 0.2) is 0 Å². The minimum atomic E-state index is -0.352. The summed E-state index contributed by atoms with van der Waals surface area (Å²) >= 11 is 0. The van der Waals surface area contributed by atoms with E-state index >= 15 is 0 Å². The quantitative estimate of drug-likeness (QED) is 0.825. The fourth-order valence-electron chi connectivity index (χ4n) is 3.17. The van der Waals surface area contributed by atoms with Crippen LogP contribution in [0.15, 0.2) is 60.7 Å². The van der Waals surface area contributed by atoms with E-state index in [2.05, 4.69) is 5.32 Å². The number of carbonyl (C=O) groups is 2. The van der Waals surface area contributed by atoms with E-state index in [4.69, 9.17) is 0 Å². The first kappa shape index (κ1) is 18.8. The van der Waals surface area contributed by atoms with Crippen LogP contribution in [0.4, 0.5) is 4.39 Å². The van der Waals surface area contributed by atoms with Gasteiger partial charge in [0.2, 0.25) is 11.8 Å². The van der Waals surface area contributed by atoms with Crippen molar-refractivity contribution >= 4 is 17.9 Å². The Kier molecular flexibility index (Phi) is 6.36. The molecule has 0 unspecified atom stereocenters. The van der Waals surface area contributed by atoms with E-state index in [1.807, 2.05) is 30.3 Å². The number of amides is 2. The zero-order valence-electron chi connectivity index (χ0n) is 15.1.